The number of halogens is 1. The Kier molecular flexibility index (Phi) is 5.38. The zero-order valence-electron chi connectivity index (χ0n) is 15.2. The van der Waals surface area contributed by atoms with Crippen molar-refractivity contribution in [2.45, 2.75) is 13.5 Å². The van der Waals surface area contributed by atoms with E-state index in [1.54, 1.807) is 0 Å². The van der Waals surface area contributed by atoms with E-state index >= 15 is 0 Å². The summed E-state index contributed by atoms with van der Waals surface area (Å²) in [5, 5.41) is 4.80. The van der Waals surface area contributed by atoms with Gasteiger partial charge in [0, 0.05) is 43.4 Å². The number of benzene rings is 2. The van der Waals surface area contributed by atoms with Crippen molar-refractivity contribution in [1.29, 1.82) is 0 Å². The molecule has 0 aliphatic carbocycles. The van der Waals surface area contributed by atoms with Gasteiger partial charge < -0.3 is 19.7 Å². The second-order valence-corrected chi connectivity index (χ2v) is 7.66. The maximum atomic E-state index is 6.10. The van der Waals surface area contributed by atoms with E-state index in [0.717, 1.165) is 60.6 Å². The normalized spacial score (nSPS) is 16.4. The molecule has 5 nitrogen and oxygen atoms in total. The van der Waals surface area contributed by atoms with Crippen molar-refractivity contribution >= 4 is 34.6 Å². The third-order valence-corrected chi connectivity index (χ3v) is 5.54. The summed E-state index contributed by atoms with van der Waals surface area (Å²) in [7, 11) is 0. The van der Waals surface area contributed by atoms with E-state index in [1.165, 1.54) is 5.56 Å². The Labute approximate surface area is 169 Å². The van der Waals surface area contributed by atoms with Crippen LogP contribution in [0, 0.1) is 6.92 Å². The van der Waals surface area contributed by atoms with Gasteiger partial charge in [-0.25, -0.2) is 0 Å². The molecule has 2 aromatic rings. The van der Waals surface area contributed by atoms with Crippen molar-refractivity contribution in [2.75, 3.05) is 38.3 Å². The predicted molar refractivity (Wildman–Crippen MR) is 112 cm³/mol. The third kappa shape index (κ3) is 4.29. The number of fused-ring (bicyclic) bond motifs is 1. The highest BCUT2D eigenvalue weighted by molar-refractivity contribution is 7.80. The predicted octanol–water partition coefficient (Wildman–Crippen LogP) is 3.89. The van der Waals surface area contributed by atoms with Crippen molar-refractivity contribution in [1.82, 2.24) is 9.80 Å². The molecule has 0 aromatic heterocycles. The van der Waals surface area contributed by atoms with Gasteiger partial charge in [-0.1, -0.05) is 23.7 Å². The number of rotatable bonds is 3. The lowest BCUT2D eigenvalue weighted by Crippen LogP contribution is -2.49. The monoisotopic (exact) mass is 403 g/mol. The summed E-state index contributed by atoms with van der Waals surface area (Å²) in [6.07, 6.45) is 0. The van der Waals surface area contributed by atoms with Gasteiger partial charge in [-0.05, 0) is 54.5 Å². The Morgan fingerprint density at radius 3 is 2.67 bits per heavy atom. The van der Waals surface area contributed by atoms with Crippen LogP contribution in [0.5, 0.6) is 11.5 Å². The summed E-state index contributed by atoms with van der Waals surface area (Å²) in [6.45, 7) is 6.98. The summed E-state index contributed by atoms with van der Waals surface area (Å²) in [5.41, 5.74) is 3.33. The molecule has 1 N–H and O–H groups in total. The number of hydrogen-bond acceptors (Lipinski definition) is 4. The Balaban J connectivity index is 1.30. The molecule has 0 radical (unpaired) electrons. The highest BCUT2D eigenvalue weighted by Crippen LogP contribution is 2.32. The highest BCUT2D eigenvalue weighted by atomic mass is 35.5. The third-order valence-electron chi connectivity index (χ3n) is 4.94. The van der Waals surface area contributed by atoms with Crippen LogP contribution in [0.1, 0.15) is 11.1 Å². The van der Waals surface area contributed by atoms with E-state index in [9.17, 15) is 0 Å². The molecular weight excluding hydrogens is 382 g/mol. The first-order chi connectivity index (χ1) is 13.1. The summed E-state index contributed by atoms with van der Waals surface area (Å²) in [4.78, 5) is 4.65. The first-order valence-corrected chi connectivity index (χ1v) is 9.80. The van der Waals surface area contributed by atoms with Gasteiger partial charge >= 0.3 is 0 Å². The van der Waals surface area contributed by atoms with Gasteiger partial charge in [-0.2, -0.15) is 0 Å². The largest absolute Gasteiger partial charge is 0.454 e. The molecule has 2 aliphatic heterocycles. The van der Waals surface area contributed by atoms with E-state index in [-0.39, 0.29) is 0 Å². The topological polar surface area (TPSA) is 37.0 Å². The SMILES string of the molecule is Cc1ccc(Cl)cc1NC(=S)N1CCN(Cc2ccc3c(c2)OCO3)CC1. The van der Waals surface area contributed by atoms with E-state index < -0.39 is 0 Å². The van der Waals surface area contributed by atoms with Gasteiger partial charge in [0.05, 0.1) is 0 Å². The standard InChI is InChI=1S/C20H22ClN3O2S/c1-14-2-4-16(21)11-17(14)22-20(27)24-8-6-23(7-9-24)12-15-3-5-18-19(10-15)26-13-25-18/h2-5,10-11H,6-9,12-13H2,1H3,(H,22,27). The van der Waals surface area contributed by atoms with E-state index in [4.69, 9.17) is 33.3 Å². The average Bonchev–Trinajstić information content (AvgIpc) is 3.13. The number of ether oxygens (including phenoxy) is 2. The second kappa shape index (κ2) is 7.92. The molecule has 7 heteroatoms. The molecule has 2 aromatic carbocycles. The van der Waals surface area contributed by atoms with Gasteiger partial charge in [0.2, 0.25) is 6.79 Å². The Hall–Kier alpha value is -2.02. The fraction of sp³-hybridized carbons (Fsp3) is 0.350. The number of anilines is 1. The van der Waals surface area contributed by atoms with Crippen molar-refractivity contribution in [2.24, 2.45) is 0 Å². The number of piperazine rings is 1. The van der Waals surface area contributed by atoms with Crippen LogP contribution < -0.4 is 14.8 Å². The van der Waals surface area contributed by atoms with Crippen LogP contribution >= 0.6 is 23.8 Å². The van der Waals surface area contributed by atoms with Crippen LogP contribution in [0.4, 0.5) is 5.69 Å². The van der Waals surface area contributed by atoms with Crippen molar-refractivity contribution < 1.29 is 9.47 Å². The molecule has 1 saturated heterocycles. The molecule has 4 rings (SSSR count). The van der Waals surface area contributed by atoms with Crippen LogP contribution in [0.15, 0.2) is 36.4 Å². The molecule has 27 heavy (non-hydrogen) atoms. The van der Waals surface area contributed by atoms with Gasteiger partial charge in [0.25, 0.3) is 0 Å². The minimum atomic E-state index is 0.313. The van der Waals surface area contributed by atoms with Crippen LogP contribution in [0.25, 0.3) is 0 Å². The van der Waals surface area contributed by atoms with Gasteiger partial charge in [-0.15, -0.1) is 0 Å². The molecule has 2 aliphatic rings. The van der Waals surface area contributed by atoms with Gasteiger partial charge in [0.1, 0.15) is 0 Å². The van der Waals surface area contributed by atoms with Crippen LogP contribution in [-0.2, 0) is 6.54 Å². The molecular formula is C20H22ClN3O2S. The lowest BCUT2D eigenvalue weighted by atomic mass is 10.1. The fourth-order valence-electron chi connectivity index (χ4n) is 3.33. The molecule has 0 atom stereocenters. The smallest absolute Gasteiger partial charge is 0.231 e. The molecule has 0 spiro atoms. The van der Waals surface area contributed by atoms with Crippen LogP contribution in [0.2, 0.25) is 5.02 Å². The van der Waals surface area contributed by atoms with Crippen molar-refractivity contribution in [3.63, 3.8) is 0 Å². The van der Waals surface area contributed by atoms with Gasteiger partial charge in [0.15, 0.2) is 16.6 Å². The molecule has 0 bridgehead atoms. The Morgan fingerprint density at radius 2 is 1.85 bits per heavy atom. The summed E-state index contributed by atoms with van der Waals surface area (Å²) >= 11 is 11.7. The number of thiocarbonyl (C=S) groups is 1. The molecule has 142 valence electrons. The van der Waals surface area contributed by atoms with Crippen LogP contribution in [-0.4, -0.2) is 47.9 Å². The quantitative estimate of drug-likeness (QED) is 0.783. The maximum absolute atomic E-state index is 6.10. The van der Waals surface area contributed by atoms with Crippen LogP contribution in [0.3, 0.4) is 0 Å². The molecule has 1 fully saturated rings. The lowest BCUT2D eigenvalue weighted by Gasteiger charge is -2.36. The minimum Gasteiger partial charge on any atom is -0.454 e. The van der Waals surface area contributed by atoms with E-state index in [0.29, 0.717) is 11.8 Å². The Morgan fingerprint density at radius 1 is 1.07 bits per heavy atom. The lowest BCUT2D eigenvalue weighted by molar-refractivity contribution is 0.173. The first-order valence-electron chi connectivity index (χ1n) is 9.01. The number of nitrogens with one attached hydrogen (secondary N) is 1. The maximum Gasteiger partial charge on any atom is 0.231 e. The molecule has 0 saturated carbocycles. The average molecular weight is 404 g/mol. The zero-order valence-corrected chi connectivity index (χ0v) is 16.8. The van der Waals surface area contributed by atoms with E-state index in [2.05, 4.69) is 27.2 Å². The Bertz CT molecular complexity index is 853. The van der Waals surface area contributed by atoms with Crippen molar-refractivity contribution in [3.8, 4) is 11.5 Å². The fourth-order valence-corrected chi connectivity index (χ4v) is 3.79. The summed E-state index contributed by atoms with van der Waals surface area (Å²) in [5.74, 6) is 1.67. The molecule has 2 heterocycles. The number of aryl methyl sites for hydroxylation is 1. The van der Waals surface area contributed by atoms with Crippen molar-refractivity contribution in [3.05, 3.63) is 52.5 Å². The molecule has 0 unspecified atom stereocenters. The van der Waals surface area contributed by atoms with E-state index in [1.807, 2.05) is 31.2 Å². The second-order valence-electron chi connectivity index (χ2n) is 6.84. The highest BCUT2D eigenvalue weighted by Gasteiger charge is 2.20. The summed E-state index contributed by atoms with van der Waals surface area (Å²) in [6, 6.07) is 12.0. The minimum absolute atomic E-state index is 0.313. The zero-order chi connectivity index (χ0) is 18.8. The number of hydrogen-bond donors (Lipinski definition) is 1. The number of nitrogens with zero attached hydrogens (tertiary/aromatic N) is 2. The van der Waals surface area contributed by atoms with Gasteiger partial charge in [-0.3, -0.25) is 4.90 Å². The first kappa shape index (κ1) is 18.3. The summed E-state index contributed by atoms with van der Waals surface area (Å²) < 4.78 is 10.8. The molecule has 0 amide bonds.